The van der Waals surface area contributed by atoms with Crippen LogP contribution in [0.4, 0.5) is 19.0 Å². The zero-order chi connectivity index (χ0) is 21.3. The van der Waals surface area contributed by atoms with Crippen LogP contribution in [-0.4, -0.2) is 51.9 Å². The van der Waals surface area contributed by atoms with Crippen molar-refractivity contribution in [2.45, 2.75) is 19.0 Å². The summed E-state index contributed by atoms with van der Waals surface area (Å²) in [5, 5.41) is 23.4. The van der Waals surface area contributed by atoms with E-state index in [9.17, 15) is 18.3 Å². The molecule has 4 rings (SSSR count). The van der Waals surface area contributed by atoms with Gasteiger partial charge in [0.15, 0.2) is 5.82 Å². The van der Waals surface area contributed by atoms with E-state index >= 15 is 0 Å². The van der Waals surface area contributed by atoms with E-state index in [0.717, 1.165) is 38.5 Å². The summed E-state index contributed by atoms with van der Waals surface area (Å²) in [5.41, 5.74) is -0.420. The molecule has 0 atom stereocenters. The Balaban J connectivity index is 1.64. The highest BCUT2D eigenvalue weighted by Gasteiger charge is 2.31. The molecule has 6 nitrogen and oxygen atoms in total. The lowest BCUT2D eigenvalue weighted by Gasteiger charge is -2.29. The molecule has 1 fully saturated rings. The standard InChI is InChI=1S/C21H22F3N5O/c1-29-8-5-13(6-9-29)11-26-20-17-12-25-7-4-15(17)19(27-28-20)16-3-2-14(10-18(16)30)21(22,23)24/h2-4,7,10,12-13,30H,5-6,8-9,11H2,1H3,(H,26,28). The summed E-state index contributed by atoms with van der Waals surface area (Å²) < 4.78 is 38.7. The van der Waals surface area contributed by atoms with E-state index in [1.54, 1.807) is 18.5 Å². The van der Waals surface area contributed by atoms with Gasteiger partial charge in [-0.2, -0.15) is 13.2 Å². The molecule has 1 aliphatic heterocycles. The average Bonchev–Trinajstić information content (AvgIpc) is 2.73. The fourth-order valence-corrected chi connectivity index (χ4v) is 3.74. The van der Waals surface area contributed by atoms with Crippen LogP contribution in [0.2, 0.25) is 0 Å². The van der Waals surface area contributed by atoms with Gasteiger partial charge in [-0.1, -0.05) is 0 Å². The van der Waals surface area contributed by atoms with Crippen molar-refractivity contribution >= 4 is 16.6 Å². The first-order valence-electron chi connectivity index (χ1n) is 9.76. The summed E-state index contributed by atoms with van der Waals surface area (Å²) in [6, 6.07) is 4.57. The van der Waals surface area contributed by atoms with Gasteiger partial charge in [-0.05, 0) is 63.2 Å². The molecule has 0 bridgehead atoms. The lowest BCUT2D eigenvalue weighted by atomic mass is 9.97. The molecule has 9 heteroatoms. The molecule has 0 radical (unpaired) electrons. The van der Waals surface area contributed by atoms with Crippen LogP contribution in [0.1, 0.15) is 18.4 Å². The van der Waals surface area contributed by atoms with Crippen LogP contribution in [0.3, 0.4) is 0 Å². The smallest absolute Gasteiger partial charge is 0.416 e. The van der Waals surface area contributed by atoms with Crippen LogP contribution in [0.5, 0.6) is 5.75 Å². The molecule has 0 saturated carbocycles. The maximum atomic E-state index is 12.9. The molecule has 3 aromatic rings. The van der Waals surface area contributed by atoms with Gasteiger partial charge in [-0.3, -0.25) is 4.98 Å². The number of halogens is 3. The number of piperidine rings is 1. The maximum absolute atomic E-state index is 12.9. The lowest BCUT2D eigenvalue weighted by Crippen LogP contribution is -2.33. The SMILES string of the molecule is CN1CCC(CNc2nnc(-c3ccc(C(F)(F)F)cc3O)c3ccncc23)CC1. The fourth-order valence-electron chi connectivity index (χ4n) is 3.74. The van der Waals surface area contributed by atoms with Gasteiger partial charge in [0.1, 0.15) is 11.4 Å². The number of nitrogens with one attached hydrogen (secondary N) is 1. The predicted molar refractivity (Wildman–Crippen MR) is 108 cm³/mol. The molecular formula is C21H22F3N5O. The Kier molecular flexibility index (Phi) is 5.46. The van der Waals surface area contributed by atoms with E-state index in [1.165, 1.54) is 6.07 Å². The number of anilines is 1. The Hall–Kier alpha value is -2.94. The highest BCUT2D eigenvalue weighted by Crippen LogP contribution is 2.38. The Morgan fingerprint density at radius 2 is 1.90 bits per heavy atom. The summed E-state index contributed by atoms with van der Waals surface area (Å²) in [5.74, 6) is 0.616. The van der Waals surface area contributed by atoms with E-state index in [2.05, 4.69) is 32.4 Å². The van der Waals surface area contributed by atoms with E-state index in [0.29, 0.717) is 34.3 Å². The predicted octanol–water partition coefficient (Wildman–Crippen LogP) is 4.17. The van der Waals surface area contributed by atoms with E-state index in [1.807, 2.05) is 0 Å². The Labute approximate surface area is 171 Å². The van der Waals surface area contributed by atoms with Gasteiger partial charge in [0.25, 0.3) is 0 Å². The van der Waals surface area contributed by atoms with Gasteiger partial charge >= 0.3 is 6.18 Å². The molecule has 0 unspecified atom stereocenters. The number of hydrogen-bond acceptors (Lipinski definition) is 6. The summed E-state index contributed by atoms with van der Waals surface area (Å²) >= 11 is 0. The Morgan fingerprint density at radius 1 is 1.13 bits per heavy atom. The van der Waals surface area contributed by atoms with Crippen LogP contribution in [-0.2, 0) is 6.18 Å². The molecular weight excluding hydrogens is 395 g/mol. The van der Waals surface area contributed by atoms with Crippen LogP contribution < -0.4 is 5.32 Å². The van der Waals surface area contributed by atoms with Crippen LogP contribution in [0, 0.1) is 5.92 Å². The second-order valence-electron chi connectivity index (χ2n) is 7.68. The third-order valence-electron chi connectivity index (χ3n) is 5.56. The van der Waals surface area contributed by atoms with Crippen molar-refractivity contribution in [3.8, 4) is 17.0 Å². The van der Waals surface area contributed by atoms with Crippen molar-refractivity contribution in [3.05, 3.63) is 42.2 Å². The number of benzene rings is 1. The summed E-state index contributed by atoms with van der Waals surface area (Å²) in [6.07, 6.45) is 0.894. The highest BCUT2D eigenvalue weighted by molar-refractivity contribution is 6.00. The van der Waals surface area contributed by atoms with Crippen molar-refractivity contribution in [1.29, 1.82) is 0 Å². The van der Waals surface area contributed by atoms with Gasteiger partial charge in [0.2, 0.25) is 0 Å². The summed E-state index contributed by atoms with van der Waals surface area (Å²) in [6.45, 7) is 2.89. The third-order valence-corrected chi connectivity index (χ3v) is 5.56. The number of pyridine rings is 1. The largest absolute Gasteiger partial charge is 0.507 e. The lowest BCUT2D eigenvalue weighted by molar-refractivity contribution is -0.137. The van der Waals surface area contributed by atoms with Crippen molar-refractivity contribution in [2.24, 2.45) is 5.92 Å². The molecule has 1 saturated heterocycles. The zero-order valence-electron chi connectivity index (χ0n) is 16.4. The second kappa shape index (κ2) is 8.06. The number of fused-ring (bicyclic) bond motifs is 1. The van der Waals surface area contributed by atoms with Crippen LogP contribution in [0.15, 0.2) is 36.7 Å². The van der Waals surface area contributed by atoms with Gasteiger partial charge in [-0.25, -0.2) is 0 Å². The minimum Gasteiger partial charge on any atom is -0.507 e. The van der Waals surface area contributed by atoms with Gasteiger partial charge in [0.05, 0.1) is 5.56 Å². The van der Waals surface area contributed by atoms with Crippen LogP contribution >= 0.6 is 0 Å². The number of phenols is 1. The van der Waals surface area contributed by atoms with Gasteiger partial charge < -0.3 is 15.3 Å². The number of hydrogen-bond donors (Lipinski definition) is 2. The zero-order valence-corrected chi connectivity index (χ0v) is 16.4. The number of aromatic hydroxyl groups is 1. The normalized spacial score (nSPS) is 16.1. The quantitative estimate of drug-likeness (QED) is 0.664. The molecule has 0 amide bonds. The topological polar surface area (TPSA) is 74.2 Å². The Bertz CT molecular complexity index is 1050. The van der Waals surface area contributed by atoms with E-state index in [4.69, 9.17) is 0 Å². The van der Waals surface area contributed by atoms with E-state index in [-0.39, 0.29) is 5.56 Å². The molecule has 1 aliphatic rings. The molecule has 0 spiro atoms. The highest BCUT2D eigenvalue weighted by atomic mass is 19.4. The van der Waals surface area contributed by atoms with Crippen molar-refractivity contribution in [3.63, 3.8) is 0 Å². The van der Waals surface area contributed by atoms with Crippen molar-refractivity contribution in [1.82, 2.24) is 20.1 Å². The maximum Gasteiger partial charge on any atom is 0.416 e. The number of likely N-dealkylation sites (tertiary alicyclic amines) is 1. The molecule has 3 heterocycles. The molecule has 158 valence electrons. The number of rotatable bonds is 4. The average molecular weight is 417 g/mol. The van der Waals surface area contributed by atoms with Crippen LogP contribution in [0.25, 0.3) is 22.0 Å². The molecule has 2 aromatic heterocycles. The number of alkyl halides is 3. The number of phenolic OH excluding ortho intramolecular Hbond substituents is 1. The summed E-state index contributed by atoms with van der Waals surface area (Å²) in [7, 11) is 2.11. The number of aromatic nitrogens is 3. The first kappa shape index (κ1) is 20.3. The minimum atomic E-state index is -4.53. The van der Waals surface area contributed by atoms with Gasteiger partial charge in [-0.15, -0.1) is 10.2 Å². The monoisotopic (exact) mass is 417 g/mol. The molecule has 0 aliphatic carbocycles. The number of nitrogens with zero attached hydrogens (tertiary/aromatic N) is 4. The summed E-state index contributed by atoms with van der Waals surface area (Å²) in [4.78, 5) is 6.46. The van der Waals surface area contributed by atoms with Crippen molar-refractivity contribution in [2.75, 3.05) is 32.0 Å². The minimum absolute atomic E-state index is 0.188. The Morgan fingerprint density at radius 3 is 2.60 bits per heavy atom. The third kappa shape index (κ3) is 4.16. The fraction of sp³-hybridized carbons (Fsp3) is 0.381. The first-order valence-corrected chi connectivity index (χ1v) is 9.76. The molecule has 30 heavy (non-hydrogen) atoms. The van der Waals surface area contributed by atoms with E-state index < -0.39 is 17.5 Å². The first-order chi connectivity index (χ1) is 14.3. The molecule has 1 aromatic carbocycles. The second-order valence-corrected chi connectivity index (χ2v) is 7.68. The van der Waals surface area contributed by atoms with Gasteiger partial charge in [0, 0.05) is 35.3 Å². The van der Waals surface area contributed by atoms with Crippen molar-refractivity contribution < 1.29 is 18.3 Å². The molecule has 2 N–H and O–H groups in total.